The van der Waals surface area contributed by atoms with Crippen LogP contribution in [-0.4, -0.2) is 19.8 Å². The molecule has 1 heterocycles. The van der Waals surface area contributed by atoms with Gasteiger partial charge in [-0.25, -0.2) is 0 Å². The lowest BCUT2D eigenvalue weighted by atomic mass is 9.74. The van der Waals surface area contributed by atoms with Gasteiger partial charge in [-0.1, -0.05) is 76.8 Å². The van der Waals surface area contributed by atoms with E-state index in [1.54, 1.807) is 12.1 Å². The lowest BCUT2D eigenvalue weighted by molar-refractivity contribution is -0.214. The summed E-state index contributed by atoms with van der Waals surface area (Å²) in [6, 6.07) is 6.53. The SMILES string of the molecule is CCCCCCCCC1CCC(C2COC(c3ccc(OC(F)F)cc3)OC2)CC1. The molecule has 1 aromatic carbocycles. The van der Waals surface area contributed by atoms with Crippen molar-refractivity contribution in [1.29, 1.82) is 0 Å². The third-order valence-electron chi connectivity index (χ3n) is 6.82. The van der Waals surface area contributed by atoms with Crippen molar-refractivity contribution in [2.45, 2.75) is 90.5 Å². The van der Waals surface area contributed by atoms with E-state index in [0.29, 0.717) is 25.0 Å². The third-order valence-corrected chi connectivity index (χ3v) is 6.82. The molecule has 0 radical (unpaired) electrons. The van der Waals surface area contributed by atoms with E-state index in [1.165, 1.54) is 82.8 Å². The molecule has 0 unspecified atom stereocenters. The molecular formula is C25H38F2O3. The summed E-state index contributed by atoms with van der Waals surface area (Å²) in [5, 5.41) is 0. The zero-order valence-electron chi connectivity index (χ0n) is 18.4. The van der Waals surface area contributed by atoms with E-state index >= 15 is 0 Å². The Kier molecular flexibility index (Phi) is 9.86. The lowest BCUT2D eigenvalue weighted by Gasteiger charge is -2.38. The van der Waals surface area contributed by atoms with Crippen LogP contribution >= 0.6 is 0 Å². The molecule has 2 aliphatic rings. The minimum Gasteiger partial charge on any atom is -0.435 e. The summed E-state index contributed by atoms with van der Waals surface area (Å²) in [6.07, 6.45) is 14.6. The smallest absolute Gasteiger partial charge is 0.387 e. The Hall–Kier alpha value is -1.20. The van der Waals surface area contributed by atoms with Crippen LogP contribution in [0.3, 0.4) is 0 Å². The molecule has 1 saturated heterocycles. The second kappa shape index (κ2) is 12.6. The molecular weight excluding hydrogens is 386 g/mol. The fraction of sp³-hybridized carbons (Fsp3) is 0.760. The van der Waals surface area contributed by atoms with E-state index in [1.807, 2.05) is 0 Å². The molecule has 0 bridgehead atoms. The Morgan fingerprint density at radius 1 is 0.867 bits per heavy atom. The van der Waals surface area contributed by atoms with Gasteiger partial charge < -0.3 is 14.2 Å². The highest BCUT2D eigenvalue weighted by molar-refractivity contribution is 5.28. The first kappa shape index (κ1) is 23.5. The fourth-order valence-corrected chi connectivity index (χ4v) is 4.95. The van der Waals surface area contributed by atoms with Gasteiger partial charge in [-0.3, -0.25) is 0 Å². The molecule has 0 aromatic heterocycles. The van der Waals surface area contributed by atoms with Crippen LogP contribution in [-0.2, 0) is 9.47 Å². The van der Waals surface area contributed by atoms with Crippen molar-refractivity contribution < 1.29 is 23.0 Å². The van der Waals surface area contributed by atoms with Gasteiger partial charge in [-0.2, -0.15) is 8.78 Å². The molecule has 170 valence electrons. The van der Waals surface area contributed by atoms with Crippen molar-refractivity contribution in [2.75, 3.05) is 13.2 Å². The number of benzene rings is 1. The average Bonchev–Trinajstić information content (AvgIpc) is 2.77. The number of unbranched alkanes of at least 4 members (excludes halogenated alkanes) is 5. The molecule has 30 heavy (non-hydrogen) atoms. The van der Waals surface area contributed by atoms with Crippen LogP contribution in [0.4, 0.5) is 8.78 Å². The largest absolute Gasteiger partial charge is 0.435 e. The van der Waals surface area contributed by atoms with Gasteiger partial charge in [0.25, 0.3) is 0 Å². The second-order valence-electron chi connectivity index (χ2n) is 9.04. The maximum atomic E-state index is 12.3. The van der Waals surface area contributed by atoms with Crippen molar-refractivity contribution in [3.8, 4) is 5.75 Å². The molecule has 1 saturated carbocycles. The maximum absolute atomic E-state index is 12.3. The summed E-state index contributed by atoms with van der Waals surface area (Å²) in [6.45, 7) is 0.895. The van der Waals surface area contributed by atoms with Crippen LogP contribution in [0.2, 0.25) is 0 Å². The van der Waals surface area contributed by atoms with E-state index in [9.17, 15) is 8.78 Å². The number of alkyl halides is 2. The quantitative estimate of drug-likeness (QED) is 0.344. The molecule has 0 atom stereocenters. The molecule has 0 spiro atoms. The van der Waals surface area contributed by atoms with Crippen LogP contribution < -0.4 is 4.74 Å². The second-order valence-corrected chi connectivity index (χ2v) is 9.04. The van der Waals surface area contributed by atoms with Gasteiger partial charge in [-0.05, 0) is 36.8 Å². The monoisotopic (exact) mass is 424 g/mol. The molecule has 3 nitrogen and oxygen atoms in total. The fourth-order valence-electron chi connectivity index (χ4n) is 4.95. The van der Waals surface area contributed by atoms with Crippen LogP contribution in [0, 0.1) is 17.8 Å². The topological polar surface area (TPSA) is 27.7 Å². The molecule has 1 aliphatic heterocycles. The zero-order valence-corrected chi connectivity index (χ0v) is 18.4. The van der Waals surface area contributed by atoms with Crippen molar-refractivity contribution in [3.05, 3.63) is 29.8 Å². The van der Waals surface area contributed by atoms with E-state index in [4.69, 9.17) is 9.47 Å². The number of ether oxygens (including phenoxy) is 3. The van der Waals surface area contributed by atoms with Crippen molar-refractivity contribution in [2.24, 2.45) is 17.8 Å². The van der Waals surface area contributed by atoms with Crippen molar-refractivity contribution >= 4 is 0 Å². The van der Waals surface area contributed by atoms with Gasteiger partial charge in [0.1, 0.15) is 5.75 Å². The van der Waals surface area contributed by atoms with Crippen LogP contribution in [0.25, 0.3) is 0 Å². The summed E-state index contributed by atoms with van der Waals surface area (Å²) >= 11 is 0. The van der Waals surface area contributed by atoms with Gasteiger partial charge in [0.05, 0.1) is 13.2 Å². The minimum absolute atomic E-state index is 0.153. The normalized spacial score (nSPS) is 27.3. The van der Waals surface area contributed by atoms with Gasteiger partial charge in [0.15, 0.2) is 6.29 Å². The maximum Gasteiger partial charge on any atom is 0.387 e. The molecule has 3 rings (SSSR count). The average molecular weight is 425 g/mol. The van der Waals surface area contributed by atoms with E-state index in [2.05, 4.69) is 11.7 Å². The number of halogens is 2. The molecule has 0 amide bonds. The predicted octanol–water partition coefficient (Wildman–Crippen LogP) is 7.51. The minimum atomic E-state index is -2.81. The number of hydrogen-bond acceptors (Lipinski definition) is 3. The van der Waals surface area contributed by atoms with Crippen LogP contribution in [0.1, 0.15) is 89.4 Å². The first-order chi connectivity index (χ1) is 14.7. The Bertz CT molecular complexity index is 577. The van der Waals surface area contributed by atoms with E-state index < -0.39 is 12.9 Å². The van der Waals surface area contributed by atoms with E-state index in [0.717, 1.165) is 11.5 Å². The van der Waals surface area contributed by atoms with Gasteiger partial charge >= 0.3 is 6.61 Å². The summed E-state index contributed by atoms with van der Waals surface area (Å²) in [5.41, 5.74) is 0.845. The van der Waals surface area contributed by atoms with Crippen molar-refractivity contribution in [1.82, 2.24) is 0 Å². The highest BCUT2D eigenvalue weighted by atomic mass is 19.3. The zero-order chi connectivity index (χ0) is 21.2. The van der Waals surface area contributed by atoms with E-state index in [-0.39, 0.29) is 5.75 Å². The highest BCUT2D eigenvalue weighted by Crippen LogP contribution is 2.39. The molecule has 2 fully saturated rings. The standard InChI is InChI=1S/C25H38F2O3/c1-2-3-4-5-6-7-8-19-9-11-20(12-10-19)22-17-28-24(29-18-22)21-13-15-23(16-14-21)30-25(26)27/h13-16,19-20,22,24-25H,2-12,17-18H2,1H3. The Balaban J connectivity index is 1.32. The van der Waals surface area contributed by atoms with Gasteiger partial charge in [-0.15, -0.1) is 0 Å². The Morgan fingerprint density at radius 3 is 2.13 bits per heavy atom. The van der Waals surface area contributed by atoms with Gasteiger partial charge in [0.2, 0.25) is 0 Å². The lowest BCUT2D eigenvalue weighted by Crippen LogP contribution is -2.34. The molecule has 5 heteroatoms. The summed E-state index contributed by atoms with van der Waals surface area (Å²) < 4.78 is 40.9. The number of hydrogen-bond donors (Lipinski definition) is 0. The van der Waals surface area contributed by atoms with Gasteiger partial charge in [0, 0.05) is 11.5 Å². The van der Waals surface area contributed by atoms with Crippen LogP contribution in [0.15, 0.2) is 24.3 Å². The number of rotatable bonds is 11. The highest BCUT2D eigenvalue weighted by Gasteiger charge is 2.32. The summed E-state index contributed by atoms with van der Waals surface area (Å²) in [5.74, 6) is 2.24. The van der Waals surface area contributed by atoms with Crippen molar-refractivity contribution in [3.63, 3.8) is 0 Å². The first-order valence-electron chi connectivity index (χ1n) is 11.9. The van der Waals surface area contributed by atoms with Crippen LogP contribution in [0.5, 0.6) is 5.75 Å². The third kappa shape index (κ3) is 7.49. The first-order valence-corrected chi connectivity index (χ1v) is 11.9. The Morgan fingerprint density at radius 2 is 1.50 bits per heavy atom. The summed E-state index contributed by atoms with van der Waals surface area (Å²) in [4.78, 5) is 0. The molecule has 1 aromatic rings. The molecule has 0 N–H and O–H groups in total. The summed E-state index contributed by atoms with van der Waals surface area (Å²) in [7, 11) is 0. The predicted molar refractivity (Wildman–Crippen MR) is 115 cm³/mol. The molecule has 1 aliphatic carbocycles. The Labute approximate surface area is 180 Å².